The second kappa shape index (κ2) is 15.1. The first-order valence-corrected chi connectivity index (χ1v) is 8.51. The summed E-state index contributed by atoms with van der Waals surface area (Å²) < 4.78 is 0. The monoisotopic (exact) mass is 291 g/mol. The smallest absolute Gasteiger partial charge is 0.248 e. The summed E-state index contributed by atoms with van der Waals surface area (Å²) in [5.74, 6) is -0.374. The lowest BCUT2D eigenvalue weighted by Crippen LogP contribution is -2.12. The predicted molar refractivity (Wildman–Crippen MR) is 93.1 cm³/mol. The lowest BCUT2D eigenvalue weighted by Gasteiger charge is -2.00. The van der Waals surface area contributed by atoms with Crippen molar-refractivity contribution in [3.05, 3.63) is 36.0 Å². The zero-order chi connectivity index (χ0) is 15.8. The molecule has 0 aromatic heterocycles. The summed E-state index contributed by atoms with van der Waals surface area (Å²) in [5.41, 5.74) is 5.83. The highest BCUT2D eigenvalue weighted by Gasteiger charge is 1.96. The fourth-order valence-corrected chi connectivity index (χ4v) is 2.24. The van der Waals surface area contributed by atoms with E-state index in [1.54, 1.807) is 12.2 Å². The first-order valence-electron chi connectivity index (χ1n) is 8.51. The van der Waals surface area contributed by atoms with Crippen molar-refractivity contribution in [2.75, 3.05) is 0 Å². The van der Waals surface area contributed by atoms with E-state index >= 15 is 0 Å². The van der Waals surface area contributed by atoms with Gasteiger partial charge in [0, 0.05) is 5.57 Å². The fourth-order valence-electron chi connectivity index (χ4n) is 2.24. The van der Waals surface area contributed by atoms with Crippen LogP contribution in [0.5, 0.6) is 0 Å². The Hall–Kier alpha value is -1.31. The van der Waals surface area contributed by atoms with Crippen molar-refractivity contribution in [2.24, 2.45) is 5.73 Å². The van der Waals surface area contributed by atoms with Gasteiger partial charge in [-0.2, -0.15) is 0 Å². The van der Waals surface area contributed by atoms with Crippen LogP contribution in [0.25, 0.3) is 0 Å². The van der Waals surface area contributed by atoms with E-state index in [-0.39, 0.29) is 5.91 Å². The molecule has 2 nitrogen and oxygen atoms in total. The lowest BCUT2D eigenvalue weighted by molar-refractivity contribution is -0.114. The second-order valence-electron chi connectivity index (χ2n) is 5.53. The molecular weight excluding hydrogens is 258 g/mol. The Bertz CT molecular complexity index is 339. The van der Waals surface area contributed by atoms with Crippen LogP contribution in [0, 0.1) is 0 Å². The minimum Gasteiger partial charge on any atom is -0.366 e. The summed E-state index contributed by atoms with van der Waals surface area (Å²) in [6.45, 7) is 4.14. The van der Waals surface area contributed by atoms with Gasteiger partial charge < -0.3 is 5.73 Å². The van der Waals surface area contributed by atoms with Gasteiger partial charge in [-0.15, -0.1) is 0 Å². The number of hydrogen-bond acceptors (Lipinski definition) is 1. The molecule has 0 aromatic carbocycles. The zero-order valence-corrected chi connectivity index (χ0v) is 13.9. The number of allylic oxidation sites excluding steroid dienone is 4. The van der Waals surface area contributed by atoms with Crippen LogP contribution in [0.15, 0.2) is 36.0 Å². The van der Waals surface area contributed by atoms with E-state index in [1.807, 2.05) is 19.1 Å². The summed E-state index contributed by atoms with van der Waals surface area (Å²) in [6, 6.07) is 0. The first-order chi connectivity index (χ1) is 10.2. The highest BCUT2D eigenvalue weighted by atomic mass is 16.1. The molecule has 0 saturated heterocycles. The molecule has 2 heteroatoms. The van der Waals surface area contributed by atoms with Crippen LogP contribution in [0.1, 0.15) is 78.1 Å². The van der Waals surface area contributed by atoms with Crippen molar-refractivity contribution in [2.45, 2.75) is 78.1 Å². The summed E-state index contributed by atoms with van der Waals surface area (Å²) in [5, 5.41) is 0. The van der Waals surface area contributed by atoms with Crippen molar-refractivity contribution in [1.82, 2.24) is 0 Å². The van der Waals surface area contributed by atoms with Gasteiger partial charge in [-0.3, -0.25) is 4.79 Å². The third-order valence-electron chi connectivity index (χ3n) is 3.52. The van der Waals surface area contributed by atoms with Crippen molar-refractivity contribution in [1.29, 1.82) is 0 Å². The maximum atomic E-state index is 11.1. The molecule has 0 spiro atoms. The average Bonchev–Trinajstić information content (AvgIpc) is 2.47. The molecule has 0 aliphatic rings. The molecule has 0 atom stereocenters. The molecule has 0 aliphatic heterocycles. The molecule has 21 heavy (non-hydrogen) atoms. The summed E-state index contributed by atoms with van der Waals surface area (Å²) in [7, 11) is 0. The summed E-state index contributed by atoms with van der Waals surface area (Å²) in [6.07, 6.45) is 22.7. The van der Waals surface area contributed by atoms with Crippen molar-refractivity contribution in [3.63, 3.8) is 0 Å². The Morgan fingerprint density at radius 2 is 1.52 bits per heavy atom. The molecule has 0 bridgehead atoms. The van der Waals surface area contributed by atoms with Crippen LogP contribution in [0.4, 0.5) is 0 Å². The molecule has 0 heterocycles. The van der Waals surface area contributed by atoms with Crippen LogP contribution >= 0.6 is 0 Å². The van der Waals surface area contributed by atoms with E-state index in [0.29, 0.717) is 5.57 Å². The Labute approximate surface area is 131 Å². The number of carbonyl (C=O) groups is 1. The molecule has 0 unspecified atom stereocenters. The number of unbranched alkanes of at least 4 members (excludes halogenated alkanes) is 9. The highest BCUT2D eigenvalue weighted by Crippen LogP contribution is 2.10. The van der Waals surface area contributed by atoms with E-state index in [4.69, 9.17) is 5.73 Å². The normalized spacial score (nSPS) is 12.6. The van der Waals surface area contributed by atoms with Crippen LogP contribution in [0.3, 0.4) is 0 Å². The third-order valence-corrected chi connectivity index (χ3v) is 3.52. The highest BCUT2D eigenvalue weighted by molar-refractivity contribution is 5.95. The van der Waals surface area contributed by atoms with Gasteiger partial charge in [0.25, 0.3) is 0 Å². The minimum atomic E-state index is -0.374. The van der Waals surface area contributed by atoms with Crippen LogP contribution in [-0.2, 0) is 4.79 Å². The molecule has 0 saturated carbocycles. The Morgan fingerprint density at radius 3 is 2.05 bits per heavy atom. The van der Waals surface area contributed by atoms with Crippen LogP contribution < -0.4 is 5.73 Å². The van der Waals surface area contributed by atoms with Gasteiger partial charge in [0.1, 0.15) is 0 Å². The molecule has 2 N–H and O–H groups in total. The van der Waals surface area contributed by atoms with Gasteiger partial charge in [0.05, 0.1) is 0 Å². The first kappa shape index (κ1) is 19.7. The standard InChI is InChI=1S/C19H33NO/c1-3-5-6-7-8-9-10-11-12-13-14-15-17-18(16-4-2)19(20)21/h4,14-17H,3,5-13H2,1-2H3,(H2,20,21). The largest absolute Gasteiger partial charge is 0.366 e. The number of carbonyl (C=O) groups excluding carboxylic acids is 1. The molecule has 0 radical (unpaired) electrons. The zero-order valence-electron chi connectivity index (χ0n) is 13.9. The van der Waals surface area contributed by atoms with E-state index in [0.717, 1.165) is 6.42 Å². The van der Waals surface area contributed by atoms with Gasteiger partial charge in [-0.05, 0) is 25.8 Å². The topological polar surface area (TPSA) is 43.1 Å². The van der Waals surface area contributed by atoms with E-state index in [1.165, 1.54) is 57.8 Å². The van der Waals surface area contributed by atoms with Crippen molar-refractivity contribution >= 4 is 5.91 Å². The summed E-state index contributed by atoms with van der Waals surface area (Å²) >= 11 is 0. The third kappa shape index (κ3) is 13.4. The number of primary amides is 1. The van der Waals surface area contributed by atoms with E-state index in [2.05, 4.69) is 13.0 Å². The minimum absolute atomic E-state index is 0.374. The maximum Gasteiger partial charge on any atom is 0.248 e. The Kier molecular flexibility index (Phi) is 14.1. The van der Waals surface area contributed by atoms with Gasteiger partial charge in [0.2, 0.25) is 5.91 Å². The maximum absolute atomic E-state index is 11.1. The molecule has 1 amide bonds. The SMILES string of the molecule is CC=CC(=CC=CCCCCCCCCCCC)C(N)=O. The van der Waals surface area contributed by atoms with Crippen LogP contribution in [-0.4, -0.2) is 5.91 Å². The van der Waals surface area contributed by atoms with Gasteiger partial charge in [0.15, 0.2) is 0 Å². The molecule has 0 aliphatic carbocycles. The van der Waals surface area contributed by atoms with Gasteiger partial charge >= 0.3 is 0 Å². The Morgan fingerprint density at radius 1 is 0.952 bits per heavy atom. The fraction of sp³-hybridized carbons (Fsp3) is 0.632. The number of hydrogen-bond donors (Lipinski definition) is 1. The summed E-state index contributed by atoms with van der Waals surface area (Å²) in [4.78, 5) is 11.1. The van der Waals surface area contributed by atoms with Gasteiger partial charge in [-0.1, -0.05) is 82.6 Å². The van der Waals surface area contributed by atoms with Gasteiger partial charge in [-0.25, -0.2) is 0 Å². The molecule has 0 aromatic rings. The molecular formula is C19H33NO. The number of amides is 1. The molecule has 120 valence electrons. The molecule has 0 rings (SSSR count). The number of nitrogens with two attached hydrogens (primary N) is 1. The predicted octanol–water partition coefficient (Wildman–Crippen LogP) is 5.45. The molecule has 0 fully saturated rings. The van der Waals surface area contributed by atoms with E-state index < -0.39 is 0 Å². The van der Waals surface area contributed by atoms with Crippen LogP contribution in [0.2, 0.25) is 0 Å². The van der Waals surface area contributed by atoms with E-state index in [9.17, 15) is 4.79 Å². The quantitative estimate of drug-likeness (QED) is 0.273. The van der Waals surface area contributed by atoms with Crippen molar-refractivity contribution < 1.29 is 4.79 Å². The number of rotatable bonds is 13. The average molecular weight is 291 g/mol. The lowest BCUT2D eigenvalue weighted by atomic mass is 10.1. The Balaban J connectivity index is 3.56. The second-order valence-corrected chi connectivity index (χ2v) is 5.53. The van der Waals surface area contributed by atoms with Crippen molar-refractivity contribution in [3.8, 4) is 0 Å².